The Morgan fingerprint density at radius 3 is 1.39 bits per heavy atom. The van der Waals surface area contributed by atoms with Gasteiger partial charge in [0.15, 0.2) is 0 Å². The third-order valence-corrected chi connectivity index (χ3v) is 4.21. The molecule has 10 heteroatoms. The Balaban J connectivity index is -0.00000112. The molecule has 0 saturated carbocycles. The number of carboxylic acid groups (broad SMARTS) is 2. The van der Waals surface area contributed by atoms with Crippen molar-refractivity contribution in [2.75, 3.05) is 11.5 Å². The summed E-state index contributed by atoms with van der Waals surface area (Å²) in [7, 11) is 2.96. The molecule has 0 spiro atoms. The Kier molecular flexibility index (Phi) is 20.4. The van der Waals surface area contributed by atoms with Crippen LogP contribution in [0, 0.1) is 0 Å². The van der Waals surface area contributed by atoms with Crippen molar-refractivity contribution in [1.82, 2.24) is 0 Å². The first-order chi connectivity index (χ1) is 7.45. The van der Waals surface area contributed by atoms with Crippen LogP contribution >= 0.6 is 21.6 Å². The van der Waals surface area contributed by atoms with E-state index in [9.17, 15) is 9.59 Å². The maximum Gasteiger partial charge on any atom is 0.320 e. The molecule has 0 aliphatic carbocycles. The van der Waals surface area contributed by atoms with Gasteiger partial charge in [-0.15, -0.1) is 0 Å². The van der Waals surface area contributed by atoms with E-state index < -0.39 is 24.0 Å². The molecular weight excluding hydrogens is 298 g/mol. The summed E-state index contributed by atoms with van der Waals surface area (Å²) in [6.07, 6.45) is 0.802. The molecule has 0 aromatic rings. The predicted octanol–water partition coefficient (Wildman–Crippen LogP) is -0.790. The molecule has 6 nitrogen and oxygen atoms in total. The van der Waals surface area contributed by atoms with Crippen molar-refractivity contribution in [2.45, 2.75) is 24.9 Å². The maximum absolute atomic E-state index is 10.4. The molecule has 0 rings (SSSR count). The molecule has 0 aromatic carbocycles. The monoisotopic (exact) mass is 314 g/mol. The van der Waals surface area contributed by atoms with E-state index in [1.165, 1.54) is 21.6 Å². The maximum atomic E-state index is 10.4. The van der Waals surface area contributed by atoms with Gasteiger partial charge in [-0.2, -0.15) is 0 Å². The van der Waals surface area contributed by atoms with Gasteiger partial charge in [0.25, 0.3) is 0 Å². The van der Waals surface area contributed by atoms with Gasteiger partial charge in [-0.1, -0.05) is 21.6 Å². The standard InChI is InChI=1S/C8H16N2O4S2.2Na/c9-5(7(11)12)1-3-15-16-4-2-6(10)8(13)14;;/h5-6H,1-4,9-10H2,(H,11,12)(H,13,14);;/t5-,6-;;/m0../s1. The van der Waals surface area contributed by atoms with E-state index in [4.69, 9.17) is 21.7 Å². The van der Waals surface area contributed by atoms with Crippen LogP contribution in [-0.4, -0.2) is 105 Å². The first kappa shape index (κ1) is 24.6. The van der Waals surface area contributed by atoms with Gasteiger partial charge in [0.05, 0.1) is 0 Å². The average Bonchev–Trinajstić information content (AvgIpc) is 2.21. The minimum Gasteiger partial charge on any atom is -0.480 e. The van der Waals surface area contributed by atoms with Gasteiger partial charge in [0.2, 0.25) is 0 Å². The number of hydrogen-bond acceptors (Lipinski definition) is 6. The van der Waals surface area contributed by atoms with Gasteiger partial charge in [-0.3, -0.25) is 9.59 Å². The van der Waals surface area contributed by atoms with E-state index in [-0.39, 0.29) is 59.1 Å². The molecule has 96 valence electrons. The third-order valence-electron chi connectivity index (χ3n) is 1.74. The van der Waals surface area contributed by atoms with E-state index in [2.05, 4.69) is 0 Å². The minimum absolute atomic E-state index is 0. The Bertz CT molecular complexity index is 225. The topological polar surface area (TPSA) is 127 Å². The fourth-order valence-corrected chi connectivity index (χ4v) is 2.94. The normalized spacial score (nSPS) is 12.8. The van der Waals surface area contributed by atoms with Crippen LogP contribution in [0.2, 0.25) is 0 Å². The van der Waals surface area contributed by atoms with Gasteiger partial charge < -0.3 is 21.7 Å². The van der Waals surface area contributed by atoms with Crippen LogP contribution in [0.5, 0.6) is 0 Å². The molecule has 0 unspecified atom stereocenters. The Hall–Kier alpha value is 1.56. The van der Waals surface area contributed by atoms with Gasteiger partial charge in [-0.25, -0.2) is 0 Å². The number of carbonyl (C=O) groups is 2. The molecule has 0 aliphatic rings. The SMILES string of the molecule is N[C@@H](CCSSCC[C@H](N)C(=O)O)C(=O)O.[Na].[Na]. The molecule has 6 N–H and O–H groups in total. The van der Waals surface area contributed by atoms with Crippen molar-refractivity contribution < 1.29 is 19.8 Å². The predicted molar refractivity (Wildman–Crippen MR) is 76.9 cm³/mol. The summed E-state index contributed by atoms with van der Waals surface area (Å²) >= 11 is 0. The number of hydrogen-bond donors (Lipinski definition) is 4. The number of nitrogens with two attached hydrogens (primary N) is 2. The van der Waals surface area contributed by atoms with E-state index >= 15 is 0 Å². The van der Waals surface area contributed by atoms with Gasteiger partial charge in [0.1, 0.15) is 12.1 Å². The molecule has 0 heterocycles. The zero-order valence-electron chi connectivity index (χ0n) is 10.7. The van der Waals surface area contributed by atoms with Crippen molar-refractivity contribution in [3.63, 3.8) is 0 Å². The first-order valence-corrected chi connectivity index (χ1v) is 7.15. The van der Waals surface area contributed by atoms with Crippen molar-refractivity contribution in [3.05, 3.63) is 0 Å². The van der Waals surface area contributed by atoms with E-state index in [0.29, 0.717) is 24.3 Å². The molecule has 0 aromatic heterocycles. The van der Waals surface area contributed by atoms with Crippen molar-refractivity contribution in [2.24, 2.45) is 11.5 Å². The van der Waals surface area contributed by atoms with Crippen LogP contribution < -0.4 is 11.5 Å². The molecular formula is C8H16N2Na2O4S2. The smallest absolute Gasteiger partial charge is 0.320 e. The van der Waals surface area contributed by atoms with Crippen molar-refractivity contribution in [3.8, 4) is 0 Å². The van der Waals surface area contributed by atoms with E-state index in [0.717, 1.165) is 0 Å². The van der Waals surface area contributed by atoms with Crippen LogP contribution in [0.1, 0.15) is 12.8 Å². The van der Waals surface area contributed by atoms with Gasteiger partial charge >= 0.3 is 11.9 Å². The number of aliphatic carboxylic acids is 2. The Morgan fingerprint density at radius 2 is 1.17 bits per heavy atom. The third kappa shape index (κ3) is 14.0. The van der Waals surface area contributed by atoms with Crippen LogP contribution in [-0.2, 0) is 9.59 Å². The largest absolute Gasteiger partial charge is 0.480 e. The quantitative estimate of drug-likeness (QED) is 0.248. The summed E-state index contributed by atoms with van der Waals surface area (Å²) in [5, 5.41) is 17.0. The minimum atomic E-state index is -1.00. The van der Waals surface area contributed by atoms with Crippen LogP contribution in [0.4, 0.5) is 0 Å². The molecule has 0 fully saturated rings. The van der Waals surface area contributed by atoms with Crippen molar-refractivity contribution >= 4 is 92.6 Å². The van der Waals surface area contributed by atoms with Crippen LogP contribution in [0.25, 0.3) is 0 Å². The fourth-order valence-electron chi connectivity index (χ4n) is 0.715. The second kappa shape index (κ2) is 15.0. The summed E-state index contributed by atoms with van der Waals surface area (Å²) in [6.45, 7) is 0. The molecule has 0 amide bonds. The molecule has 18 heavy (non-hydrogen) atoms. The van der Waals surface area contributed by atoms with Crippen molar-refractivity contribution in [1.29, 1.82) is 0 Å². The summed E-state index contributed by atoms with van der Waals surface area (Å²) in [4.78, 5) is 20.7. The summed E-state index contributed by atoms with van der Waals surface area (Å²) < 4.78 is 0. The summed E-state index contributed by atoms with van der Waals surface area (Å²) in [5.74, 6) is -0.752. The average molecular weight is 314 g/mol. The van der Waals surface area contributed by atoms with Gasteiger partial charge in [-0.05, 0) is 12.8 Å². The van der Waals surface area contributed by atoms with Crippen LogP contribution in [0.15, 0.2) is 0 Å². The zero-order chi connectivity index (χ0) is 12.6. The van der Waals surface area contributed by atoms with Crippen LogP contribution in [0.3, 0.4) is 0 Å². The number of rotatable bonds is 9. The molecule has 0 aliphatic heterocycles. The molecule has 0 bridgehead atoms. The Labute approximate surface area is 158 Å². The summed E-state index contributed by atoms with van der Waals surface area (Å²) in [6, 6.07) is -1.65. The van der Waals surface area contributed by atoms with E-state index in [1.54, 1.807) is 0 Å². The molecule has 2 radical (unpaired) electrons. The second-order valence-electron chi connectivity index (χ2n) is 3.11. The zero-order valence-corrected chi connectivity index (χ0v) is 16.3. The first-order valence-electron chi connectivity index (χ1n) is 4.66. The molecule has 2 atom stereocenters. The summed E-state index contributed by atoms with van der Waals surface area (Å²) in [5.41, 5.74) is 10.6. The van der Waals surface area contributed by atoms with E-state index in [1.807, 2.05) is 0 Å². The fraction of sp³-hybridized carbons (Fsp3) is 0.750. The molecule has 0 saturated heterocycles. The Morgan fingerprint density at radius 1 is 0.889 bits per heavy atom. The second-order valence-corrected chi connectivity index (χ2v) is 5.81. The number of carboxylic acids is 2. The van der Waals surface area contributed by atoms with Gasteiger partial charge in [0, 0.05) is 70.6 Å².